The van der Waals surface area contributed by atoms with Gasteiger partial charge >= 0.3 is 6.18 Å². The number of hydrogen-bond acceptors (Lipinski definition) is 7. The van der Waals surface area contributed by atoms with Crippen LogP contribution in [0.25, 0.3) is 0 Å². The molecule has 0 unspecified atom stereocenters. The van der Waals surface area contributed by atoms with Gasteiger partial charge in [0.25, 0.3) is 0 Å². The lowest BCUT2D eigenvalue weighted by molar-refractivity contribution is -0.137. The minimum Gasteiger partial charge on any atom is -0.384 e. The molecule has 35 heavy (non-hydrogen) atoms. The van der Waals surface area contributed by atoms with Crippen LogP contribution in [0.5, 0.6) is 0 Å². The number of Topliss-reactive ketones (excluding diaryl/α,β-unsaturated/α-hetero) is 1. The lowest BCUT2D eigenvalue weighted by atomic mass is 9.78. The second kappa shape index (κ2) is 8.70. The summed E-state index contributed by atoms with van der Waals surface area (Å²) in [6, 6.07) is 9.05. The fourth-order valence-corrected chi connectivity index (χ4v) is 5.71. The lowest BCUT2D eigenvalue weighted by Crippen LogP contribution is -2.39. The molecule has 178 valence electrons. The maximum Gasteiger partial charge on any atom is 0.418 e. The van der Waals surface area contributed by atoms with Gasteiger partial charge in [0.05, 0.1) is 35.4 Å². The van der Waals surface area contributed by atoms with Crippen molar-refractivity contribution in [2.75, 3.05) is 4.90 Å². The van der Waals surface area contributed by atoms with Crippen molar-refractivity contribution in [3.8, 4) is 6.07 Å². The summed E-state index contributed by atoms with van der Waals surface area (Å²) >= 11 is 1.37. The summed E-state index contributed by atoms with van der Waals surface area (Å²) in [7, 11) is 0. The molecule has 1 aliphatic carbocycles. The van der Waals surface area contributed by atoms with Gasteiger partial charge in [-0.3, -0.25) is 9.69 Å². The van der Waals surface area contributed by atoms with Crippen LogP contribution in [0.1, 0.15) is 41.2 Å². The van der Waals surface area contributed by atoms with E-state index in [-0.39, 0.29) is 29.3 Å². The Balaban J connectivity index is 1.66. The molecule has 3 heterocycles. The van der Waals surface area contributed by atoms with Gasteiger partial charge in [0, 0.05) is 22.6 Å². The Morgan fingerprint density at radius 3 is 2.77 bits per heavy atom. The average Bonchev–Trinajstić information content (AvgIpc) is 3.50. The molecule has 0 saturated carbocycles. The number of nitrogens with two attached hydrogens (primary N) is 1. The number of rotatable bonds is 4. The molecule has 0 fully saturated rings. The van der Waals surface area contributed by atoms with Crippen molar-refractivity contribution in [2.24, 2.45) is 5.73 Å². The number of hydrogen-bond donors (Lipinski definition) is 1. The predicted molar refractivity (Wildman–Crippen MR) is 123 cm³/mol. The molecule has 2 N–H and O–H groups in total. The average molecular weight is 497 g/mol. The van der Waals surface area contributed by atoms with E-state index in [4.69, 9.17) is 5.73 Å². The molecule has 1 aliphatic heterocycles. The van der Waals surface area contributed by atoms with Crippen LogP contribution in [0, 0.1) is 11.3 Å². The molecule has 7 nitrogen and oxygen atoms in total. The molecule has 3 aromatic rings. The number of carbonyl (C=O) groups is 1. The van der Waals surface area contributed by atoms with Crippen LogP contribution in [0.4, 0.5) is 18.9 Å². The van der Waals surface area contributed by atoms with E-state index in [1.165, 1.54) is 40.8 Å². The van der Waals surface area contributed by atoms with Gasteiger partial charge in [0.2, 0.25) is 0 Å². The van der Waals surface area contributed by atoms with Crippen LogP contribution in [-0.4, -0.2) is 20.5 Å². The maximum absolute atomic E-state index is 13.9. The van der Waals surface area contributed by atoms with Crippen molar-refractivity contribution in [1.29, 1.82) is 5.26 Å². The highest BCUT2D eigenvalue weighted by Gasteiger charge is 2.43. The number of anilines is 1. The van der Waals surface area contributed by atoms with Gasteiger partial charge in [-0.05, 0) is 42.0 Å². The third-order valence-electron chi connectivity index (χ3n) is 6.13. The number of nitrogens with zero attached hydrogens (tertiary/aromatic N) is 5. The van der Waals surface area contributed by atoms with E-state index in [1.807, 2.05) is 11.4 Å². The standard InChI is InChI=1S/C24H19F3N6OS/c25-24(26,27)16-4-1-2-5-17(16)33-18-6-3-7-19(34)22(18)21(15(9-28)23(33)29)20-8-14(11-35-20)10-32-13-30-12-31-32/h1-2,4-5,8,11-13,21H,3,6-7,10,29H2/t21-/m0/s1. The normalized spacial score (nSPS) is 18.6. The van der Waals surface area contributed by atoms with Crippen molar-refractivity contribution in [1.82, 2.24) is 14.8 Å². The molecule has 0 spiro atoms. The van der Waals surface area contributed by atoms with Crippen molar-refractivity contribution in [2.45, 2.75) is 37.9 Å². The molecular formula is C24H19F3N6OS. The van der Waals surface area contributed by atoms with E-state index >= 15 is 0 Å². The third kappa shape index (κ3) is 4.00. The maximum atomic E-state index is 13.9. The zero-order valence-corrected chi connectivity index (χ0v) is 19.1. The molecule has 0 bridgehead atoms. The van der Waals surface area contributed by atoms with E-state index in [9.17, 15) is 23.2 Å². The highest BCUT2D eigenvalue weighted by atomic mass is 32.1. The summed E-state index contributed by atoms with van der Waals surface area (Å²) in [5.41, 5.74) is 7.08. The highest BCUT2D eigenvalue weighted by Crippen LogP contribution is 2.49. The zero-order chi connectivity index (χ0) is 24.7. The number of carbonyl (C=O) groups excluding carboxylic acids is 1. The summed E-state index contributed by atoms with van der Waals surface area (Å²) in [5.74, 6) is -1.00. The number of aromatic nitrogens is 3. The predicted octanol–water partition coefficient (Wildman–Crippen LogP) is 4.71. The summed E-state index contributed by atoms with van der Waals surface area (Å²) < 4.78 is 43.3. The number of alkyl halides is 3. The Bertz CT molecular complexity index is 1400. The molecule has 1 aromatic carbocycles. The van der Waals surface area contributed by atoms with Gasteiger partial charge < -0.3 is 5.73 Å². The topological polar surface area (TPSA) is 101 Å². The number of ketones is 1. The minimum absolute atomic E-state index is 0.0603. The number of benzene rings is 1. The van der Waals surface area contributed by atoms with Gasteiger partial charge in [-0.25, -0.2) is 9.67 Å². The molecule has 0 saturated heterocycles. The van der Waals surface area contributed by atoms with E-state index in [0.717, 1.165) is 16.5 Å². The van der Waals surface area contributed by atoms with Crippen molar-refractivity contribution >= 4 is 22.8 Å². The first-order chi connectivity index (χ1) is 16.8. The number of allylic oxidation sites excluding steroid dienone is 3. The number of halogens is 3. The SMILES string of the molecule is N#CC1=C(N)N(c2ccccc2C(F)(F)F)C2=C(C(=O)CCC2)[C@@H]1c1cc(Cn2cncn2)cs1. The summed E-state index contributed by atoms with van der Waals surface area (Å²) in [6.45, 7) is 0.454. The Morgan fingerprint density at radius 2 is 2.06 bits per heavy atom. The first kappa shape index (κ1) is 22.9. The highest BCUT2D eigenvalue weighted by molar-refractivity contribution is 7.10. The second-order valence-electron chi connectivity index (χ2n) is 8.28. The van der Waals surface area contributed by atoms with Gasteiger partial charge in [0.15, 0.2) is 5.78 Å². The summed E-state index contributed by atoms with van der Waals surface area (Å²) in [5, 5.41) is 16.1. The number of nitriles is 1. The van der Waals surface area contributed by atoms with Gasteiger partial charge in [-0.15, -0.1) is 11.3 Å². The number of thiophene rings is 1. The molecule has 0 amide bonds. The van der Waals surface area contributed by atoms with Crippen LogP contribution < -0.4 is 10.6 Å². The quantitative estimate of drug-likeness (QED) is 0.561. The molecule has 5 rings (SSSR count). The van der Waals surface area contributed by atoms with Crippen LogP contribution in [0.15, 0.2) is 71.0 Å². The molecule has 1 atom stereocenters. The Hall–Kier alpha value is -3.91. The largest absolute Gasteiger partial charge is 0.418 e. The minimum atomic E-state index is -4.63. The van der Waals surface area contributed by atoms with Crippen molar-refractivity contribution in [3.63, 3.8) is 0 Å². The fourth-order valence-electron chi connectivity index (χ4n) is 4.68. The summed E-state index contributed by atoms with van der Waals surface area (Å²) in [6.07, 6.45) is -0.495. The Morgan fingerprint density at radius 1 is 1.26 bits per heavy atom. The summed E-state index contributed by atoms with van der Waals surface area (Å²) in [4.78, 5) is 19.1. The second-order valence-corrected chi connectivity index (χ2v) is 9.22. The van der Waals surface area contributed by atoms with Gasteiger partial charge in [-0.2, -0.15) is 23.5 Å². The van der Waals surface area contributed by atoms with Crippen LogP contribution in [0.3, 0.4) is 0 Å². The molecular weight excluding hydrogens is 477 g/mol. The Labute approximate surface area is 202 Å². The van der Waals surface area contributed by atoms with Gasteiger partial charge in [-0.1, -0.05) is 12.1 Å². The monoisotopic (exact) mass is 496 g/mol. The molecule has 2 aromatic heterocycles. The number of para-hydroxylation sites is 1. The van der Waals surface area contributed by atoms with E-state index in [2.05, 4.69) is 16.2 Å². The van der Waals surface area contributed by atoms with Crippen LogP contribution in [-0.2, 0) is 17.5 Å². The van der Waals surface area contributed by atoms with Crippen molar-refractivity contribution in [3.05, 3.63) is 87.0 Å². The lowest BCUT2D eigenvalue weighted by Gasteiger charge is -2.40. The molecule has 11 heteroatoms. The first-order valence-electron chi connectivity index (χ1n) is 10.8. The molecule has 2 aliphatic rings. The zero-order valence-electron chi connectivity index (χ0n) is 18.3. The van der Waals surface area contributed by atoms with E-state index in [1.54, 1.807) is 11.0 Å². The van der Waals surface area contributed by atoms with Gasteiger partial charge in [0.1, 0.15) is 18.5 Å². The molecule has 0 radical (unpaired) electrons. The van der Waals surface area contributed by atoms with Crippen LogP contribution in [0.2, 0.25) is 0 Å². The first-order valence-corrected chi connectivity index (χ1v) is 11.7. The fraction of sp³-hybridized carbons (Fsp3) is 0.250. The smallest absolute Gasteiger partial charge is 0.384 e. The Kier molecular flexibility index (Phi) is 5.68. The van der Waals surface area contributed by atoms with Crippen molar-refractivity contribution < 1.29 is 18.0 Å². The van der Waals surface area contributed by atoms with Crippen LogP contribution >= 0.6 is 11.3 Å². The van der Waals surface area contributed by atoms with E-state index < -0.39 is 17.7 Å². The third-order valence-corrected chi connectivity index (χ3v) is 7.18. The van der Waals surface area contributed by atoms with E-state index in [0.29, 0.717) is 30.7 Å².